The Labute approximate surface area is 158 Å². The van der Waals surface area contributed by atoms with Crippen LogP contribution in [0.4, 0.5) is 5.82 Å². The summed E-state index contributed by atoms with van der Waals surface area (Å²) in [7, 11) is 2.06. The molecule has 2 aromatic carbocycles. The van der Waals surface area contributed by atoms with Crippen LogP contribution < -0.4 is 4.90 Å². The van der Waals surface area contributed by atoms with E-state index in [2.05, 4.69) is 23.9 Å². The van der Waals surface area contributed by atoms with Crippen molar-refractivity contribution in [3.8, 4) is 11.1 Å². The highest BCUT2D eigenvalue weighted by molar-refractivity contribution is 6.43. The van der Waals surface area contributed by atoms with Crippen molar-refractivity contribution < 1.29 is 0 Å². The predicted molar refractivity (Wildman–Crippen MR) is 108 cm³/mol. The SMILES string of the molecule is CCCCCN(C)c1cnc2ccc(-c3cccc(Cl)c3Cl)cc2n1. The molecule has 0 saturated heterocycles. The summed E-state index contributed by atoms with van der Waals surface area (Å²) in [5.74, 6) is 0.887. The van der Waals surface area contributed by atoms with E-state index in [1.165, 1.54) is 12.8 Å². The number of halogens is 2. The van der Waals surface area contributed by atoms with Crippen LogP contribution in [0.5, 0.6) is 0 Å². The summed E-state index contributed by atoms with van der Waals surface area (Å²) >= 11 is 12.5. The molecule has 0 aliphatic rings. The van der Waals surface area contributed by atoms with E-state index in [4.69, 9.17) is 28.2 Å². The van der Waals surface area contributed by atoms with Crippen molar-refractivity contribution in [2.24, 2.45) is 0 Å². The first-order valence-corrected chi connectivity index (χ1v) is 9.28. The first-order valence-electron chi connectivity index (χ1n) is 8.52. The number of hydrogen-bond donors (Lipinski definition) is 0. The summed E-state index contributed by atoms with van der Waals surface area (Å²) < 4.78 is 0. The molecular formula is C20H21Cl2N3. The molecule has 3 aromatic rings. The summed E-state index contributed by atoms with van der Waals surface area (Å²) in [5.41, 5.74) is 3.61. The Kier molecular flexibility index (Phi) is 5.77. The Morgan fingerprint density at radius 2 is 1.88 bits per heavy atom. The van der Waals surface area contributed by atoms with Crippen molar-refractivity contribution in [2.75, 3.05) is 18.5 Å². The Morgan fingerprint density at radius 3 is 2.68 bits per heavy atom. The smallest absolute Gasteiger partial charge is 0.147 e. The van der Waals surface area contributed by atoms with Gasteiger partial charge < -0.3 is 4.90 Å². The number of hydrogen-bond acceptors (Lipinski definition) is 3. The van der Waals surface area contributed by atoms with Gasteiger partial charge >= 0.3 is 0 Å². The molecule has 0 spiro atoms. The van der Waals surface area contributed by atoms with Crippen molar-refractivity contribution in [3.63, 3.8) is 0 Å². The third-order valence-electron chi connectivity index (χ3n) is 4.28. The number of benzene rings is 2. The van der Waals surface area contributed by atoms with Crippen molar-refractivity contribution in [2.45, 2.75) is 26.2 Å². The molecule has 5 heteroatoms. The molecule has 1 heterocycles. The first kappa shape index (κ1) is 18.0. The number of nitrogens with zero attached hydrogens (tertiary/aromatic N) is 3. The lowest BCUT2D eigenvalue weighted by atomic mass is 10.0. The largest absolute Gasteiger partial charge is 0.358 e. The highest BCUT2D eigenvalue weighted by Gasteiger charge is 2.10. The molecule has 0 unspecified atom stereocenters. The Hall–Kier alpha value is -1.84. The monoisotopic (exact) mass is 373 g/mol. The molecule has 25 heavy (non-hydrogen) atoms. The number of anilines is 1. The van der Waals surface area contributed by atoms with Gasteiger partial charge in [0.15, 0.2) is 0 Å². The molecule has 0 saturated carbocycles. The Morgan fingerprint density at radius 1 is 1.04 bits per heavy atom. The number of fused-ring (bicyclic) bond motifs is 1. The standard InChI is InChI=1S/C20H21Cl2N3/c1-3-4-5-11-25(2)19-13-23-17-10-9-14(12-18(17)24-19)15-7-6-8-16(21)20(15)22/h6-10,12-13H,3-5,11H2,1-2H3. The van der Waals surface area contributed by atoms with Crippen LogP contribution in [-0.4, -0.2) is 23.6 Å². The highest BCUT2D eigenvalue weighted by Crippen LogP contribution is 2.34. The zero-order valence-electron chi connectivity index (χ0n) is 14.5. The summed E-state index contributed by atoms with van der Waals surface area (Å²) in [6.07, 6.45) is 5.43. The molecule has 1 aromatic heterocycles. The number of unbranched alkanes of at least 4 members (excludes halogenated alkanes) is 2. The van der Waals surface area contributed by atoms with Gasteiger partial charge in [0, 0.05) is 19.2 Å². The molecule has 0 N–H and O–H groups in total. The fourth-order valence-electron chi connectivity index (χ4n) is 2.79. The van der Waals surface area contributed by atoms with Gasteiger partial charge in [-0.1, -0.05) is 61.2 Å². The fraction of sp³-hybridized carbons (Fsp3) is 0.300. The van der Waals surface area contributed by atoms with Crippen LogP contribution in [0.15, 0.2) is 42.6 Å². The number of rotatable bonds is 6. The van der Waals surface area contributed by atoms with Crippen LogP contribution in [0.3, 0.4) is 0 Å². The average molecular weight is 374 g/mol. The first-order chi connectivity index (χ1) is 12.1. The topological polar surface area (TPSA) is 29.0 Å². The molecule has 0 atom stereocenters. The molecule has 130 valence electrons. The minimum Gasteiger partial charge on any atom is -0.358 e. The molecule has 0 aliphatic carbocycles. The van der Waals surface area contributed by atoms with Gasteiger partial charge in [-0.2, -0.15) is 0 Å². The van der Waals surface area contributed by atoms with Crippen molar-refractivity contribution in [3.05, 3.63) is 52.6 Å². The fourth-order valence-corrected chi connectivity index (χ4v) is 3.20. The van der Waals surface area contributed by atoms with Crippen LogP contribution >= 0.6 is 23.2 Å². The van der Waals surface area contributed by atoms with Gasteiger partial charge in [-0.3, -0.25) is 4.98 Å². The summed E-state index contributed by atoms with van der Waals surface area (Å²) in [5, 5.41) is 1.11. The van der Waals surface area contributed by atoms with Crippen molar-refractivity contribution >= 4 is 40.1 Å². The molecule has 3 rings (SSSR count). The maximum absolute atomic E-state index is 6.36. The van der Waals surface area contributed by atoms with E-state index in [1.807, 2.05) is 36.5 Å². The van der Waals surface area contributed by atoms with Gasteiger partial charge in [-0.15, -0.1) is 0 Å². The zero-order valence-corrected chi connectivity index (χ0v) is 16.0. The second kappa shape index (κ2) is 8.03. The van der Waals surface area contributed by atoms with Crippen LogP contribution in [0.2, 0.25) is 10.0 Å². The second-order valence-electron chi connectivity index (χ2n) is 6.16. The highest BCUT2D eigenvalue weighted by atomic mass is 35.5. The molecule has 0 amide bonds. The normalized spacial score (nSPS) is 11.0. The second-order valence-corrected chi connectivity index (χ2v) is 6.95. The van der Waals surface area contributed by atoms with E-state index in [0.717, 1.165) is 40.9 Å². The number of aromatic nitrogens is 2. The van der Waals surface area contributed by atoms with Crippen LogP contribution in [-0.2, 0) is 0 Å². The van der Waals surface area contributed by atoms with Crippen molar-refractivity contribution in [1.29, 1.82) is 0 Å². The quantitative estimate of drug-likeness (QED) is 0.479. The third-order valence-corrected chi connectivity index (χ3v) is 5.10. The van der Waals surface area contributed by atoms with Gasteiger partial charge in [0.1, 0.15) is 5.82 Å². The minimum atomic E-state index is 0.551. The van der Waals surface area contributed by atoms with E-state index in [1.54, 1.807) is 6.07 Å². The van der Waals surface area contributed by atoms with E-state index in [-0.39, 0.29) is 0 Å². The maximum atomic E-state index is 6.36. The predicted octanol–water partition coefficient (Wildman–Crippen LogP) is 6.23. The van der Waals surface area contributed by atoms with Crippen molar-refractivity contribution in [1.82, 2.24) is 9.97 Å². The summed E-state index contributed by atoms with van der Waals surface area (Å²) in [6.45, 7) is 3.19. The van der Waals surface area contributed by atoms with Gasteiger partial charge in [0.2, 0.25) is 0 Å². The maximum Gasteiger partial charge on any atom is 0.147 e. The minimum absolute atomic E-state index is 0.551. The Balaban J connectivity index is 1.94. The van der Waals surface area contributed by atoms with Gasteiger partial charge in [0.05, 0.1) is 27.3 Å². The lowest BCUT2D eigenvalue weighted by Crippen LogP contribution is -2.19. The summed E-state index contributed by atoms with van der Waals surface area (Å²) in [6, 6.07) is 11.6. The zero-order chi connectivity index (χ0) is 17.8. The van der Waals surface area contributed by atoms with Gasteiger partial charge in [-0.25, -0.2) is 4.98 Å². The molecular weight excluding hydrogens is 353 g/mol. The molecule has 0 fully saturated rings. The van der Waals surface area contributed by atoms with Crippen LogP contribution in [0.1, 0.15) is 26.2 Å². The van der Waals surface area contributed by atoms with Gasteiger partial charge in [-0.05, 0) is 30.2 Å². The molecule has 0 aliphatic heterocycles. The average Bonchev–Trinajstić information content (AvgIpc) is 2.63. The molecule has 3 nitrogen and oxygen atoms in total. The lowest BCUT2D eigenvalue weighted by Gasteiger charge is -2.18. The van der Waals surface area contributed by atoms with Crippen LogP contribution in [0.25, 0.3) is 22.2 Å². The Bertz CT molecular complexity index is 880. The summed E-state index contributed by atoms with van der Waals surface area (Å²) in [4.78, 5) is 11.5. The molecule has 0 bridgehead atoms. The van der Waals surface area contributed by atoms with E-state index >= 15 is 0 Å². The van der Waals surface area contributed by atoms with E-state index in [0.29, 0.717) is 10.0 Å². The van der Waals surface area contributed by atoms with E-state index < -0.39 is 0 Å². The van der Waals surface area contributed by atoms with Crippen LogP contribution in [0, 0.1) is 0 Å². The van der Waals surface area contributed by atoms with E-state index in [9.17, 15) is 0 Å². The molecule has 0 radical (unpaired) electrons. The third kappa shape index (κ3) is 4.05. The lowest BCUT2D eigenvalue weighted by molar-refractivity contribution is 0.701. The van der Waals surface area contributed by atoms with Gasteiger partial charge in [0.25, 0.3) is 0 Å².